The zero-order chi connectivity index (χ0) is 14.7. The number of halogens is 1. The van der Waals surface area contributed by atoms with Crippen molar-refractivity contribution >= 4 is 40.4 Å². The molecular formula is C14H15ClN2O2S. The van der Waals surface area contributed by atoms with Crippen molar-refractivity contribution in [2.45, 2.75) is 25.5 Å². The van der Waals surface area contributed by atoms with E-state index in [-0.39, 0.29) is 5.75 Å². The number of hydrogen-bond donors (Lipinski definition) is 1. The first-order valence-corrected chi connectivity index (χ1v) is 7.47. The Balaban J connectivity index is 2.44. The quantitative estimate of drug-likeness (QED) is 0.673. The fraction of sp³-hybridized carbons (Fsp3) is 0.286. The highest BCUT2D eigenvalue weighted by atomic mass is 35.5. The number of benzene rings is 1. The minimum Gasteiger partial charge on any atom is -0.481 e. The van der Waals surface area contributed by atoms with Crippen LogP contribution >= 0.6 is 23.4 Å². The summed E-state index contributed by atoms with van der Waals surface area (Å²) >= 11 is 7.19. The minimum absolute atomic E-state index is 0.00806. The normalized spacial score (nSPS) is 10.8. The zero-order valence-electron chi connectivity index (χ0n) is 11.3. The maximum absolute atomic E-state index is 10.7. The van der Waals surface area contributed by atoms with Crippen molar-refractivity contribution in [1.29, 1.82) is 0 Å². The van der Waals surface area contributed by atoms with Gasteiger partial charge in [-0.25, -0.2) is 4.98 Å². The predicted molar refractivity (Wildman–Crippen MR) is 82.5 cm³/mol. The Bertz CT molecular complexity index is 675. The molecule has 6 heteroatoms. The SMILES string of the molecule is CC(C)=CCn1c(SCC(=O)O)nc2cc(Cl)ccc21. The highest BCUT2D eigenvalue weighted by Gasteiger charge is 2.12. The highest BCUT2D eigenvalue weighted by molar-refractivity contribution is 7.99. The van der Waals surface area contributed by atoms with E-state index >= 15 is 0 Å². The number of thioether (sulfide) groups is 1. The Hall–Kier alpha value is -1.46. The Kier molecular flexibility index (Phi) is 4.73. The summed E-state index contributed by atoms with van der Waals surface area (Å²) in [5.41, 5.74) is 2.95. The molecular weight excluding hydrogens is 296 g/mol. The topological polar surface area (TPSA) is 55.1 Å². The average Bonchev–Trinajstić information content (AvgIpc) is 2.70. The van der Waals surface area contributed by atoms with E-state index in [2.05, 4.69) is 11.1 Å². The molecule has 2 rings (SSSR count). The van der Waals surface area contributed by atoms with E-state index in [0.717, 1.165) is 11.0 Å². The monoisotopic (exact) mass is 310 g/mol. The predicted octanol–water partition coefficient (Wildman–Crippen LogP) is 3.83. The first-order valence-electron chi connectivity index (χ1n) is 6.11. The third-order valence-corrected chi connectivity index (χ3v) is 3.88. The van der Waals surface area contributed by atoms with Crippen LogP contribution in [0.4, 0.5) is 0 Å². The van der Waals surface area contributed by atoms with Crippen molar-refractivity contribution in [3.05, 3.63) is 34.9 Å². The average molecular weight is 311 g/mol. The van der Waals surface area contributed by atoms with E-state index in [0.29, 0.717) is 16.7 Å². The lowest BCUT2D eigenvalue weighted by molar-refractivity contribution is -0.133. The van der Waals surface area contributed by atoms with Crippen molar-refractivity contribution in [2.75, 3.05) is 5.75 Å². The van der Waals surface area contributed by atoms with Gasteiger partial charge in [-0.3, -0.25) is 4.79 Å². The van der Waals surface area contributed by atoms with E-state index in [1.807, 2.05) is 30.5 Å². The van der Waals surface area contributed by atoms with Crippen molar-refractivity contribution in [3.8, 4) is 0 Å². The standard InChI is InChI=1S/C14H15ClN2O2S/c1-9(2)5-6-17-12-4-3-10(15)7-11(12)16-14(17)20-8-13(18)19/h3-5,7H,6,8H2,1-2H3,(H,18,19). The summed E-state index contributed by atoms with van der Waals surface area (Å²) in [5.74, 6) is -0.861. The van der Waals surface area contributed by atoms with Gasteiger partial charge in [0, 0.05) is 11.6 Å². The summed E-state index contributed by atoms with van der Waals surface area (Å²) in [7, 11) is 0. The van der Waals surface area contributed by atoms with Crippen LogP contribution in [0.2, 0.25) is 5.02 Å². The second kappa shape index (κ2) is 6.33. The Morgan fingerprint density at radius 2 is 2.25 bits per heavy atom. The van der Waals surface area contributed by atoms with Crippen LogP contribution in [0.5, 0.6) is 0 Å². The molecule has 0 fully saturated rings. The molecule has 20 heavy (non-hydrogen) atoms. The van der Waals surface area contributed by atoms with Gasteiger partial charge in [0.15, 0.2) is 5.16 Å². The molecule has 0 bridgehead atoms. The van der Waals surface area contributed by atoms with Crippen LogP contribution in [0.15, 0.2) is 35.0 Å². The van der Waals surface area contributed by atoms with Crippen LogP contribution in [0.25, 0.3) is 11.0 Å². The third-order valence-electron chi connectivity index (χ3n) is 2.68. The molecule has 0 aliphatic heterocycles. The molecule has 1 aromatic heterocycles. The molecule has 1 N–H and O–H groups in total. The molecule has 2 aromatic rings. The van der Waals surface area contributed by atoms with Gasteiger partial charge in [0.25, 0.3) is 0 Å². The van der Waals surface area contributed by atoms with Gasteiger partial charge in [-0.1, -0.05) is 35.0 Å². The summed E-state index contributed by atoms with van der Waals surface area (Å²) in [6, 6.07) is 5.52. The highest BCUT2D eigenvalue weighted by Crippen LogP contribution is 2.26. The molecule has 0 unspecified atom stereocenters. The van der Waals surface area contributed by atoms with Crippen molar-refractivity contribution in [3.63, 3.8) is 0 Å². The number of rotatable bonds is 5. The number of aliphatic carboxylic acids is 1. The number of allylic oxidation sites excluding steroid dienone is 2. The van der Waals surface area contributed by atoms with Crippen LogP contribution in [-0.2, 0) is 11.3 Å². The molecule has 0 radical (unpaired) electrons. The maximum atomic E-state index is 10.7. The van der Waals surface area contributed by atoms with Crippen LogP contribution in [-0.4, -0.2) is 26.4 Å². The number of fused-ring (bicyclic) bond motifs is 1. The minimum atomic E-state index is -0.853. The van der Waals surface area contributed by atoms with Crippen LogP contribution in [0.3, 0.4) is 0 Å². The Morgan fingerprint density at radius 1 is 1.50 bits per heavy atom. The number of nitrogens with zero attached hydrogens (tertiary/aromatic N) is 2. The third kappa shape index (κ3) is 3.55. The molecule has 1 aromatic carbocycles. The van der Waals surface area contributed by atoms with Crippen molar-refractivity contribution < 1.29 is 9.90 Å². The molecule has 0 saturated heterocycles. The van der Waals surface area contributed by atoms with Crippen LogP contribution in [0.1, 0.15) is 13.8 Å². The van der Waals surface area contributed by atoms with E-state index in [9.17, 15) is 4.79 Å². The van der Waals surface area contributed by atoms with Gasteiger partial charge in [-0.15, -0.1) is 0 Å². The fourth-order valence-electron chi connectivity index (χ4n) is 1.77. The second-order valence-corrected chi connectivity index (χ2v) is 5.98. The van der Waals surface area contributed by atoms with Crippen LogP contribution in [0, 0.1) is 0 Å². The lowest BCUT2D eigenvalue weighted by Gasteiger charge is -2.05. The summed E-state index contributed by atoms with van der Waals surface area (Å²) in [6.45, 7) is 4.72. The van der Waals surface area contributed by atoms with Gasteiger partial charge in [0.1, 0.15) is 0 Å². The molecule has 0 spiro atoms. The lowest BCUT2D eigenvalue weighted by Crippen LogP contribution is -2.02. The number of carboxylic acids is 1. The van der Waals surface area contributed by atoms with Crippen molar-refractivity contribution in [2.24, 2.45) is 0 Å². The molecule has 0 aliphatic carbocycles. The second-order valence-electron chi connectivity index (χ2n) is 4.60. The summed E-state index contributed by atoms with van der Waals surface area (Å²) in [4.78, 5) is 15.2. The molecule has 4 nitrogen and oxygen atoms in total. The molecule has 106 valence electrons. The van der Waals surface area contributed by atoms with E-state index in [1.165, 1.54) is 17.3 Å². The van der Waals surface area contributed by atoms with Gasteiger partial charge in [-0.2, -0.15) is 0 Å². The maximum Gasteiger partial charge on any atom is 0.313 e. The zero-order valence-corrected chi connectivity index (χ0v) is 12.8. The Labute approximate surface area is 126 Å². The largest absolute Gasteiger partial charge is 0.481 e. The molecule has 1 heterocycles. The van der Waals surface area contributed by atoms with E-state index < -0.39 is 5.97 Å². The van der Waals surface area contributed by atoms with Gasteiger partial charge >= 0.3 is 5.97 Å². The molecule has 0 saturated carbocycles. The number of aromatic nitrogens is 2. The molecule has 0 amide bonds. The fourth-order valence-corrected chi connectivity index (χ4v) is 2.68. The van der Waals surface area contributed by atoms with Gasteiger partial charge in [0.2, 0.25) is 0 Å². The summed E-state index contributed by atoms with van der Waals surface area (Å²) < 4.78 is 2.01. The number of hydrogen-bond acceptors (Lipinski definition) is 3. The number of carbonyl (C=O) groups is 1. The van der Waals surface area contributed by atoms with E-state index in [4.69, 9.17) is 16.7 Å². The number of imidazole rings is 1. The van der Waals surface area contributed by atoms with Gasteiger partial charge < -0.3 is 9.67 Å². The van der Waals surface area contributed by atoms with Crippen LogP contribution < -0.4 is 0 Å². The van der Waals surface area contributed by atoms with E-state index in [1.54, 1.807) is 6.07 Å². The van der Waals surface area contributed by atoms with Gasteiger partial charge in [-0.05, 0) is 32.0 Å². The molecule has 0 atom stereocenters. The first kappa shape index (κ1) is 14.9. The van der Waals surface area contributed by atoms with Gasteiger partial charge in [0.05, 0.1) is 16.8 Å². The summed E-state index contributed by atoms with van der Waals surface area (Å²) in [5, 5.41) is 10.1. The Morgan fingerprint density at radius 3 is 2.90 bits per heavy atom. The lowest BCUT2D eigenvalue weighted by atomic mass is 10.3. The first-order chi connectivity index (χ1) is 9.47. The molecule has 0 aliphatic rings. The van der Waals surface area contributed by atoms with Crippen molar-refractivity contribution in [1.82, 2.24) is 9.55 Å². The summed E-state index contributed by atoms with van der Waals surface area (Å²) in [6.07, 6.45) is 2.08. The smallest absolute Gasteiger partial charge is 0.313 e. The number of carboxylic acid groups (broad SMARTS) is 1.